The molecule has 0 saturated carbocycles. The molecule has 1 aliphatic rings. The maximum Gasteiger partial charge on any atom is 0.0952 e. The first kappa shape index (κ1) is 11.9. The molecule has 1 heterocycles. The monoisotopic (exact) mass is 240 g/mol. The quantitative estimate of drug-likeness (QED) is 0.874. The summed E-state index contributed by atoms with van der Waals surface area (Å²) in [5, 5.41) is 0.761. The lowest BCUT2D eigenvalue weighted by Crippen LogP contribution is -2.40. The number of rotatable bonds is 3. The molecule has 1 atom stereocenters. The van der Waals surface area contributed by atoms with Crippen LogP contribution in [0, 0.1) is 0 Å². The lowest BCUT2D eigenvalue weighted by Gasteiger charge is -2.32. The molecule has 0 spiro atoms. The Bertz CT molecular complexity index is 344. The summed E-state index contributed by atoms with van der Waals surface area (Å²) in [6.07, 6.45) is 0.124. The zero-order valence-electron chi connectivity index (χ0n) is 9.23. The van der Waals surface area contributed by atoms with E-state index in [9.17, 15) is 0 Å². The molecular formula is C12H17ClN2O. The summed E-state index contributed by atoms with van der Waals surface area (Å²) in [5.74, 6) is 0. The zero-order valence-corrected chi connectivity index (χ0v) is 9.99. The first-order valence-corrected chi connectivity index (χ1v) is 5.97. The number of hydrogen-bond acceptors (Lipinski definition) is 3. The van der Waals surface area contributed by atoms with Crippen LogP contribution in [0.2, 0.25) is 5.02 Å². The van der Waals surface area contributed by atoms with Crippen molar-refractivity contribution in [3.63, 3.8) is 0 Å². The minimum absolute atomic E-state index is 0.124. The highest BCUT2D eigenvalue weighted by atomic mass is 35.5. The number of morpholine rings is 1. The van der Waals surface area contributed by atoms with Gasteiger partial charge in [0.2, 0.25) is 0 Å². The fraction of sp³-hybridized carbons (Fsp3) is 0.500. The van der Waals surface area contributed by atoms with Crippen molar-refractivity contribution in [1.82, 2.24) is 4.90 Å². The van der Waals surface area contributed by atoms with Crippen LogP contribution in [-0.2, 0) is 4.74 Å². The van der Waals surface area contributed by atoms with E-state index >= 15 is 0 Å². The van der Waals surface area contributed by atoms with Crippen molar-refractivity contribution in [3.8, 4) is 0 Å². The molecule has 1 aliphatic heterocycles. The van der Waals surface area contributed by atoms with E-state index in [1.165, 1.54) is 0 Å². The molecule has 1 aromatic carbocycles. The molecule has 16 heavy (non-hydrogen) atoms. The van der Waals surface area contributed by atoms with E-state index in [0.717, 1.165) is 36.8 Å². The molecule has 0 aromatic heterocycles. The average Bonchev–Trinajstić information content (AvgIpc) is 2.30. The van der Waals surface area contributed by atoms with Crippen molar-refractivity contribution in [1.29, 1.82) is 0 Å². The third kappa shape index (κ3) is 2.95. The van der Waals surface area contributed by atoms with E-state index in [2.05, 4.69) is 11.0 Å². The van der Waals surface area contributed by atoms with Crippen molar-refractivity contribution in [3.05, 3.63) is 34.9 Å². The number of hydrogen-bond donors (Lipinski definition) is 1. The van der Waals surface area contributed by atoms with E-state index in [4.69, 9.17) is 22.1 Å². The van der Waals surface area contributed by atoms with Gasteiger partial charge >= 0.3 is 0 Å². The van der Waals surface area contributed by atoms with Gasteiger partial charge in [0.1, 0.15) is 0 Å². The second-order valence-electron chi connectivity index (χ2n) is 4.00. The van der Waals surface area contributed by atoms with Gasteiger partial charge in [0.05, 0.1) is 12.7 Å². The maximum atomic E-state index is 5.97. The molecule has 2 N–H and O–H groups in total. The maximum absolute atomic E-state index is 5.97. The Morgan fingerprint density at radius 3 is 3.12 bits per heavy atom. The van der Waals surface area contributed by atoms with Gasteiger partial charge in [0, 0.05) is 31.2 Å². The molecule has 88 valence electrons. The van der Waals surface area contributed by atoms with E-state index < -0.39 is 0 Å². The van der Waals surface area contributed by atoms with Crippen LogP contribution >= 0.6 is 11.6 Å². The molecule has 0 bridgehead atoms. The average molecular weight is 241 g/mol. The molecular weight excluding hydrogens is 224 g/mol. The molecule has 3 nitrogen and oxygen atoms in total. The van der Waals surface area contributed by atoms with Crippen LogP contribution in [0.25, 0.3) is 0 Å². The van der Waals surface area contributed by atoms with Crippen LogP contribution < -0.4 is 5.73 Å². The van der Waals surface area contributed by atoms with Gasteiger partial charge in [-0.2, -0.15) is 0 Å². The first-order valence-electron chi connectivity index (χ1n) is 5.59. The van der Waals surface area contributed by atoms with Gasteiger partial charge in [-0.1, -0.05) is 23.7 Å². The molecule has 0 amide bonds. The highest BCUT2D eigenvalue weighted by Gasteiger charge is 2.21. The van der Waals surface area contributed by atoms with Gasteiger partial charge in [-0.25, -0.2) is 0 Å². The molecule has 0 radical (unpaired) electrons. The third-order valence-corrected chi connectivity index (χ3v) is 3.05. The zero-order chi connectivity index (χ0) is 11.4. The summed E-state index contributed by atoms with van der Waals surface area (Å²) in [4.78, 5) is 2.33. The van der Waals surface area contributed by atoms with Crippen LogP contribution in [0.15, 0.2) is 24.3 Å². The number of benzene rings is 1. The minimum Gasteiger partial charge on any atom is -0.371 e. The molecule has 1 saturated heterocycles. The summed E-state index contributed by atoms with van der Waals surface area (Å²) < 4.78 is 5.75. The number of halogens is 1. The van der Waals surface area contributed by atoms with Crippen LogP contribution in [0.5, 0.6) is 0 Å². The SMILES string of the molecule is NCCN1CCOC(c2cccc(Cl)c2)C1. The van der Waals surface area contributed by atoms with Crippen molar-refractivity contribution >= 4 is 11.6 Å². The highest BCUT2D eigenvalue weighted by Crippen LogP contribution is 2.24. The molecule has 0 aliphatic carbocycles. The standard InChI is InChI=1S/C12H17ClN2O/c13-11-3-1-2-10(8-11)12-9-15(5-4-14)6-7-16-12/h1-3,8,12H,4-7,9,14H2. The summed E-state index contributed by atoms with van der Waals surface area (Å²) in [6, 6.07) is 7.87. The van der Waals surface area contributed by atoms with Gasteiger partial charge in [0.25, 0.3) is 0 Å². The fourth-order valence-corrected chi connectivity index (χ4v) is 2.20. The lowest BCUT2D eigenvalue weighted by molar-refractivity contribution is -0.0288. The molecule has 1 unspecified atom stereocenters. The summed E-state index contributed by atoms with van der Waals surface area (Å²) in [6.45, 7) is 4.26. The lowest BCUT2D eigenvalue weighted by atomic mass is 10.1. The molecule has 2 rings (SSSR count). The molecule has 1 fully saturated rings. The third-order valence-electron chi connectivity index (χ3n) is 2.82. The van der Waals surface area contributed by atoms with Crippen LogP contribution in [0.1, 0.15) is 11.7 Å². The van der Waals surface area contributed by atoms with Gasteiger partial charge in [0.15, 0.2) is 0 Å². The van der Waals surface area contributed by atoms with Crippen molar-refractivity contribution < 1.29 is 4.74 Å². The van der Waals surface area contributed by atoms with E-state index in [1.807, 2.05) is 18.2 Å². The Morgan fingerprint density at radius 2 is 2.38 bits per heavy atom. The number of nitrogens with zero attached hydrogens (tertiary/aromatic N) is 1. The van der Waals surface area contributed by atoms with Gasteiger partial charge in [-0.05, 0) is 17.7 Å². The van der Waals surface area contributed by atoms with Crippen LogP contribution in [0.3, 0.4) is 0 Å². The van der Waals surface area contributed by atoms with Crippen molar-refractivity contribution in [2.45, 2.75) is 6.10 Å². The Balaban J connectivity index is 2.03. The van der Waals surface area contributed by atoms with E-state index in [-0.39, 0.29) is 6.10 Å². The summed E-state index contributed by atoms with van der Waals surface area (Å²) >= 11 is 5.97. The van der Waals surface area contributed by atoms with Gasteiger partial charge in [-0.15, -0.1) is 0 Å². The number of nitrogens with two attached hydrogens (primary N) is 1. The normalized spacial score (nSPS) is 22.2. The van der Waals surface area contributed by atoms with Crippen LogP contribution in [-0.4, -0.2) is 37.7 Å². The fourth-order valence-electron chi connectivity index (χ4n) is 2.00. The summed E-state index contributed by atoms with van der Waals surface area (Å²) in [5.41, 5.74) is 6.71. The minimum atomic E-state index is 0.124. The largest absolute Gasteiger partial charge is 0.371 e. The Morgan fingerprint density at radius 1 is 1.50 bits per heavy atom. The van der Waals surface area contributed by atoms with Crippen molar-refractivity contribution in [2.24, 2.45) is 5.73 Å². The second kappa shape index (κ2) is 5.64. The molecule has 4 heteroatoms. The van der Waals surface area contributed by atoms with Crippen molar-refractivity contribution in [2.75, 3.05) is 32.8 Å². The Labute approximate surface area is 101 Å². The van der Waals surface area contributed by atoms with E-state index in [0.29, 0.717) is 6.54 Å². The summed E-state index contributed by atoms with van der Waals surface area (Å²) in [7, 11) is 0. The first-order chi connectivity index (χ1) is 7.79. The molecule has 1 aromatic rings. The van der Waals surface area contributed by atoms with Crippen LogP contribution in [0.4, 0.5) is 0 Å². The van der Waals surface area contributed by atoms with Gasteiger partial charge < -0.3 is 10.5 Å². The topological polar surface area (TPSA) is 38.5 Å². The highest BCUT2D eigenvalue weighted by molar-refractivity contribution is 6.30. The van der Waals surface area contributed by atoms with Gasteiger partial charge in [-0.3, -0.25) is 4.90 Å². The Hall–Kier alpha value is -0.610. The second-order valence-corrected chi connectivity index (χ2v) is 4.44. The predicted octanol–water partition coefficient (Wildman–Crippen LogP) is 1.67. The Kier molecular flexibility index (Phi) is 4.18. The predicted molar refractivity (Wildman–Crippen MR) is 65.6 cm³/mol. The van der Waals surface area contributed by atoms with E-state index in [1.54, 1.807) is 0 Å². The smallest absolute Gasteiger partial charge is 0.0952 e. The number of ether oxygens (including phenoxy) is 1.